The topological polar surface area (TPSA) is 74.7 Å². The van der Waals surface area contributed by atoms with Gasteiger partial charge in [0.1, 0.15) is 0 Å². The molecule has 0 spiro atoms. The molecule has 2 aromatic carbocycles. The normalized spacial score (nSPS) is 17.0. The van der Waals surface area contributed by atoms with Crippen molar-refractivity contribution in [3.05, 3.63) is 58.7 Å². The summed E-state index contributed by atoms with van der Waals surface area (Å²) >= 11 is 1.14. The lowest BCUT2D eigenvalue weighted by Crippen LogP contribution is -2.32. The van der Waals surface area contributed by atoms with E-state index in [1.54, 1.807) is 18.2 Å². The van der Waals surface area contributed by atoms with Gasteiger partial charge in [-0.25, -0.2) is 9.69 Å². The van der Waals surface area contributed by atoms with Crippen LogP contribution in [0.25, 0.3) is 0 Å². The fourth-order valence-electron chi connectivity index (χ4n) is 3.36. The number of anilines is 1. The number of nitrogens with zero attached hydrogens (tertiary/aromatic N) is 1. The first-order valence-electron chi connectivity index (χ1n) is 8.23. The van der Waals surface area contributed by atoms with E-state index in [9.17, 15) is 19.5 Å². The Morgan fingerprint density at radius 1 is 1.12 bits per heavy atom. The van der Waals surface area contributed by atoms with Crippen LogP contribution < -0.4 is 4.90 Å². The predicted octanol–water partition coefficient (Wildman–Crippen LogP) is 3.73. The van der Waals surface area contributed by atoms with Gasteiger partial charge in [-0.15, -0.1) is 11.8 Å². The van der Waals surface area contributed by atoms with Crippen LogP contribution in [0.4, 0.5) is 5.69 Å². The maximum atomic E-state index is 12.9. The van der Waals surface area contributed by atoms with E-state index in [4.69, 9.17) is 0 Å². The quantitative estimate of drug-likeness (QED) is 0.831. The van der Waals surface area contributed by atoms with E-state index in [0.29, 0.717) is 10.6 Å². The van der Waals surface area contributed by atoms with Crippen LogP contribution in [0.15, 0.2) is 41.3 Å². The molecule has 0 saturated carbocycles. The molecule has 6 heteroatoms. The fourth-order valence-corrected chi connectivity index (χ4v) is 4.53. The van der Waals surface area contributed by atoms with Crippen LogP contribution in [-0.2, 0) is 9.59 Å². The van der Waals surface area contributed by atoms with Crippen molar-refractivity contribution in [1.29, 1.82) is 0 Å². The molecule has 5 nitrogen and oxygen atoms in total. The van der Waals surface area contributed by atoms with E-state index < -0.39 is 11.2 Å². The van der Waals surface area contributed by atoms with Crippen molar-refractivity contribution in [2.45, 2.75) is 37.3 Å². The van der Waals surface area contributed by atoms with E-state index in [-0.39, 0.29) is 23.8 Å². The summed E-state index contributed by atoms with van der Waals surface area (Å²) in [5.74, 6) is -1.60. The molecule has 1 N–H and O–H groups in total. The third-order valence-electron chi connectivity index (χ3n) is 4.35. The van der Waals surface area contributed by atoms with Crippen LogP contribution in [0.3, 0.4) is 0 Å². The van der Waals surface area contributed by atoms with Gasteiger partial charge in [-0.2, -0.15) is 0 Å². The number of aryl methyl sites for hydroxylation is 3. The average molecular weight is 369 g/mol. The Morgan fingerprint density at radius 2 is 1.73 bits per heavy atom. The SMILES string of the molecule is Cc1cc(C)c(N2C(=O)C[C@@H](Sc3ccccc3C(=O)O)C2=O)c(C)c1. The fraction of sp³-hybridized carbons (Fsp3) is 0.250. The predicted molar refractivity (Wildman–Crippen MR) is 101 cm³/mol. The van der Waals surface area contributed by atoms with Gasteiger partial charge in [0.15, 0.2) is 0 Å². The molecule has 1 atom stereocenters. The standard InChI is InChI=1S/C20H19NO4S/c1-11-8-12(2)18(13(3)9-11)21-17(22)10-16(19(21)23)26-15-7-5-4-6-14(15)20(24)25/h4-9,16H,10H2,1-3H3,(H,24,25)/t16-/m1/s1. The number of carboxylic acids is 1. The molecule has 3 rings (SSSR count). The molecule has 1 aliphatic heterocycles. The monoisotopic (exact) mass is 369 g/mol. The molecule has 2 amide bonds. The smallest absolute Gasteiger partial charge is 0.336 e. The molecule has 0 bridgehead atoms. The number of carboxylic acid groups (broad SMARTS) is 1. The number of carbonyl (C=O) groups excluding carboxylic acids is 2. The summed E-state index contributed by atoms with van der Waals surface area (Å²) in [6, 6.07) is 10.4. The van der Waals surface area contributed by atoms with Gasteiger partial charge in [0.05, 0.1) is 16.5 Å². The Morgan fingerprint density at radius 3 is 2.35 bits per heavy atom. The van der Waals surface area contributed by atoms with Crippen LogP contribution in [-0.4, -0.2) is 28.1 Å². The Hall–Kier alpha value is -2.60. The van der Waals surface area contributed by atoms with E-state index in [1.807, 2.05) is 32.9 Å². The summed E-state index contributed by atoms with van der Waals surface area (Å²) in [5.41, 5.74) is 3.60. The summed E-state index contributed by atoms with van der Waals surface area (Å²) in [4.78, 5) is 38.6. The van der Waals surface area contributed by atoms with Gasteiger partial charge in [-0.1, -0.05) is 29.8 Å². The number of imide groups is 1. The molecule has 0 aliphatic carbocycles. The third kappa shape index (κ3) is 3.24. The van der Waals surface area contributed by atoms with Crippen molar-refractivity contribution in [2.24, 2.45) is 0 Å². The van der Waals surface area contributed by atoms with E-state index >= 15 is 0 Å². The van der Waals surface area contributed by atoms with Gasteiger partial charge < -0.3 is 5.11 Å². The van der Waals surface area contributed by atoms with Crippen LogP contribution in [0.5, 0.6) is 0 Å². The minimum atomic E-state index is -1.05. The maximum Gasteiger partial charge on any atom is 0.336 e. The lowest BCUT2D eigenvalue weighted by Gasteiger charge is -2.20. The van der Waals surface area contributed by atoms with Gasteiger partial charge in [0, 0.05) is 11.3 Å². The highest BCUT2D eigenvalue weighted by atomic mass is 32.2. The zero-order valence-electron chi connectivity index (χ0n) is 14.8. The Balaban J connectivity index is 1.93. The van der Waals surface area contributed by atoms with Crippen molar-refractivity contribution in [3.63, 3.8) is 0 Å². The number of hydrogen-bond acceptors (Lipinski definition) is 4. The molecule has 1 aliphatic rings. The Kier molecular flexibility index (Phi) is 4.87. The van der Waals surface area contributed by atoms with Gasteiger partial charge >= 0.3 is 5.97 Å². The van der Waals surface area contributed by atoms with Crippen LogP contribution in [0.2, 0.25) is 0 Å². The summed E-state index contributed by atoms with van der Waals surface area (Å²) in [6.45, 7) is 5.74. The molecule has 1 fully saturated rings. The van der Waals surface area contributed by atoms with Gasteiger partial charge in [-0.05, 0) is 44.0 Å². The van der Waals surface area contributed by atoms with E-state index in [1.165, 1.54) is 11.0 Å². The maximum absolute atomic E-state index is 12.9. The number of benzene rings is 2. The highest BCUT2D eigenvalue weighted by Crippen LogP contribution is 2.37. The number of thioether (sulfide) groups is 1. The molecule has 0 unspecified atom stereocenters. The summed E-state index contributed by atoms with van der Waals surface area (Å²) in [7, 11) is 0. The van der Waals surface area contributed by atoms with Crippen LogP contribution in [0.1, 0.15) is 33.5 Å². The van der Waals surface area contributed by atoms with Crippen molar-refractivity contribution >= 4 is 35.2 Å². The minimum Gasteiger partial charge on any atom is -0.478 e. The molecule has 2 aromatic rings. The highest BCUT2D eigenvalue weighted by molar-refractivity contribution is 8.00. The van der Waals surface area contributed by atoms with Crippen molar-refractivity contribution in [2.75, 3.05) is 4.90 Å². The first-order valence-corrected chi connectivity index (χ1v) is 9.11. The highest BCUT2D eigenvalue weighted by Gasteiger charge is 2.41. The largest absolute Gasteiger partial charge is 0.478 e. The second-order valence-corrected chi connectivity index (χ2v) is 7.67. The van der Waals surface area contributed by atoms with Crippen molar-refractivity contribution in [1.82, 2.24) is 0 Å². The number of aromatic carboxylic acids is 1. The van der Waals surface area contributed by atoms with Crippen LogP contribution >= 0.6 is 11.8 Å². The van der Waals surface area contributed by atoms with Gasteiger partial charge in [0.25, 0.3) is 0 Å². The Bertz CT molecular complexity index is 899. The lowest BCUT2D eigenvalue weighted by molar-refractivity contribution is -0.121. The summed E-state index contributed by atoms with van der Waals surface area (Å²) in [6.07, 6.45) is 0.0597. The molecular formula is C20H19NO4S. The number of hydrogen-bond donors (Lipinski definition) is 1. The summed E-state index contributed by atoms with van der Waals surface area (Å²) in [5, 5.41) is 8.69. The average Bonchev–Trinajstić information content (AvgIpc) is 2.82. The zero-order chi connectivity index (χ0) is 19.0. The first-order chi connectivity index (χ1) is 12.3. The molecule has 26 heavy (non-hydrogen) atoms. The Labute approximate surface area is 156 Å². The van der Waals surface area contributed by atoms with Gasteiger partial charge in [0.2, 0.25) is 11.8 Å². The van der Waals surface area contributed by atoms with E-state index in [2.05, 4.69) is 0 Å². The van der Waals surface area contributed by atoms with Crippen LogP contribution in [0, 0.1) is 20.8 Å². The van der Waals surface area contributed by atoms with E-state index in [0.717, 1.165) is 28.5 Å². The van der Waals surface area contributed by atoms with Crippen molar-refractivity contribution in [3.8, 4) is 0 Å². The minimum absolute atomic E-state index is 0.0597. The second kappa shape index (κ2) is 6.96. The lowest BCUT2D eigenvalue weighted by atomic mass is 10.0. The molecule has 0 radical (unpaired) electrons. The second-order valence-electron chi connectivity index (χ2n) is 6.43. The summed E-state index contributed by atoms with van der Waals surface area (Å²) < 4.78 is 0. The number of rotatable bonds is 4. The third-order valence-corrected chi connectivity index (χ3v) is 5.61. The molecule has 0 aromatic heterocycles. The number of carbonyl (C=O) groups is 3. The molecule has 1 saturated heterocycles. The number of amides is 2. The zero-order valence-corrected chi connectivity index (χ0v) is 15.6. The van der Waals surface area contributed by atoms with Gasteiger partial charge in [-0.3, -0.25) is 9.59 Å². The first kappa shape index (κ1) is 18.2. The molecular weight excluding hydrogens is 350 g/mol. The molecule has 134 valence electrons. The molecule has 1 heterocycles. The van der Waals surface area contributed by atoms with Crippen molar-refractivity contribution < 1.29 is 19.5 Å².